The third-order valence-corrected chi connectivity index (χ3v) is 5.68. The summed E-state index contributed by atoms with van der Waals surface area (Å²) in [6.45, 7) is 4.15. The molecule has 0 fully saturated rings. The molecule has 0 bridgehead atoms. The maximum absolute atomic E-state index is 12.5. The molecule has 0 saturated heterocycles. The normalized spacial score (nSPS) is 17.0. The van der Waals surface area contributed by atoms with E-state index in [1.54, 1.807) is 23.1 Å². The van der Waals surface area contributed by atoms with Crippen molar-refractivity contribution in [3.63, 3.8) is 0 Å². The lowest BCUT2D eigenvalue weighted by atomic mass is 10.1. The van der Waals surface area contributed by atoms with Crippen LogP contribution in [0.5, 0.6) is 0 Å². The standard InChI is InChI=1S/C16H21N3O3S.ClH/c1-12(20)19-9-6-14-10-15(2-3-16(14)19)23(21,22)18-11-13-4-7-17-8-5-13;/h2-4,10,17-18H,5-9,11H2,1H3;1H. The largest absolute Gasteiger partial charge is 0.313 e. The van der Waals surface area contributed by atoms with Crippen LogP contribution < -0.4 is 14.9 Å². The third kappa shape index (κ3) is 3.97. The number of halogens is 1. The number of carbonyl (C=O) groups excluding carboxylic acids is 1. The first kappa shape index (κ1) is 18.9. The Labute approximate surface area is 148 Å². The van der Waals surface area contributed by atoms with Gasteiger partial charge < -0.3 is 10.2 Å². The van der Waals surface area contributed by atoms with Gasteiger partial charge in [-0.1, -0.05) is 11.6 Å². The van der Waals surface area contributed by atoms with Crippen LogP contribution in [0.2, 0.25) is 0 Å². The van der Waals surface area contributed by atoms with Gasteiger partial charge in [-0.05, 0) is 43.1 Å². The first-order valence-corrected chi connectivity index (χ1v) is 9.25. The second kappa shape index (κ2) is 7.65. The van der Waals surface area contributed by atoms with E-state index in [2.05, 4.69) is 10.0 Å². The highest BCUT2D eigenvalue weighted by molar-refractivity contribution is 7.89. The van der Waals surface area contributed by atoms with Gasteiger partial charge in [0.1, 0.15) is 0 Å². The predicted molar refractivity (Wildman–Crippen MR) is 96.2 cm³/mol. The molecule has 6 nitrogen and oxygen atoms in total. The summed E-state index contributed by atoms with van der Waals surface area (Å²) in [5.74, 6) is -0.0182. The van der Waals surface area contributed by atoms with Gasteiger partial charge in [-0.25, -0.2) is 13.1 Å². The van der Waals surface area contributed by atoms with Crippen LogP contribution in [0.3, 0.4) is 0 Å². The van der Waals surface area contributed by atoms with E-state index in [1.165, 1.54) is 6.92 Å². The molecule has 1 aromatic rings. The molecule has 0 aromatic heterocycles. The van der Waals surface area contributed by atoms with Crippen molar-refractivity contribution in [2.75, 3.05) is 31.1 Å². The van der Waals surface area contributed by atoms with Crippen molar-refractivity contribution in [1.82, 2.24) is 10.0 Å². The van der Waals surface area contributed by atoms with Crippen molar-refractivity contribution < 1.29 is 13.2 Å². The van der Waals surface area contributed by atoms with E-state index >= 15 is 0 Å². The van der Waals surface area contributed by atoms with Gasteiger partial charge in [-0.15, -0.1) is 12.4 Å². The van der Waals surface area contributed by atoms with E-state index in [4.69, 9.17) is 0 Å². The van der Waals surface area contributed by atoms with Crippen LogP contribution in [0, 0.1) is 0 Å². The number of rotatable bonds is 4. The smallest absolute Gasteiger partial charge is 0.240 e. The molecule has 132 valence electrons. The van der Waals surface area contributed by atoms with Gasteiger partial charge in [0.25, 0.3) is 0 Å². The summed E-state index contributed by atoms with van der Waals surface area (Å²) in [4.78, 5) is 13.5. The highest BCUT2D eigenvalue weighted by Crippen LogP contribution is 2.30. The van der Waals surface area contributed by atoms with Crippen LogP contribution in [0.15, 0.2) is 34.7 Å². The van der Waals surface area contributed by atoms with E-state index in [0.717, 1.165) is 36.3 Å². The molecule has 2 N–H and O–H groups in total. The molecule has 1 aromatic carbocycles. The van der Waals surface area contributed by atoms with Crippen LogP contribution in [0.25, 0.3) is 0 Å². The van der Waals surface area contributed by atoms with Gasteiger partial charge >= 0.3 is 0 Å². The Hall–Kier alpha value is -1.41. The van der Waals surface area contributed by atoms with Crippen molar-refractivity contribution in [2.24, 2.45) is 0 Å². The average Bonchev–Trinajstić information content (AvgIpc) is 2.97. The number of anilines is 1. The monoisotopic (exact) mass is 371 g/mol. The van der Waals surface area contributed by atoms with E-state index in [0.29, 0.717) is 19.5 Å². The SMILES string of the molecule is CC(=O)N1CCc2cc(S(=O)(=O)NCC3=CCNCC3)ccc21.Cl. The van der Waals surface area contributed by atoms with Gasteiger partial charge in [0.2, 0.25) is 15.9 Å². The number of amides is 1. The van der Waals surface area contributed by atoms with E-state index in [-0.39, 0.29) is 23.2 Å². The maximum Gasteiger partial charge on any atom is 0.240 e. The molecule has 0 spiro atoms. The molecule has 0 atom stereocenters. The lowest BCUT2D eigenvalue weighted by Gasteiger charge is -2.16. The van der Waals surface area contributed by atoms with Crippen molar-refractivity contribution >= 4 is 34.0 Å². The van der Waals surface area contributed by atoms with Crippen LogP contribution >= 0.6 is 12.4 Å². The second-order valence-electron chi connectivity index (χ2n) is 5.85. The molecule has 0 aliphatic carbocycles. The van der Waals surface area contributed by atoms with E-state index < -0.39 is 10.0 Å². The maximum atomic E-state index is 12.5. The van der Waals surface area contributed by atoms with Gasteiger partial charge in [-0.3, -0.25) is 4.79 Å². The minimum Gasteiger partial charge on any atom is -0.313 e. The number of benzene rings is 1. The zero-order valence-electron chi connectivity index (χ0n) is 13.5. The van der Waals surface area contributed by atoms with E-state index in [1.807, 2.05) is 6.08 Å². The van der Waals surface area contributed by atoms with Gasteiger partial charge in [-0.2, -0.15) is 0 Å². The molecule has 24 heavy (non-hydrogen) atoms. The average molecular weight is 372 g/mol. The lowest BCUT2D eigenvalue weighted by molar-refractivity contribution is -0.116. The Kier molecular flexibility index (Phi) is 6.03. The Morgan fingerprint density at radius 1 is 1.33 bits per heavy atom. The quantitative estimate of drug-likeness (QED) is 0.780. The number of nitrogens with zero attached hydrogens (tertiary/aromatic N) is 1. The Morgan fingerprint density at radius 3 is 2.79 bits per heavy atom. The summed E-state index contributed by atoms with van der Waals surface area (Å²) in [5, 5.41) is 3.20. The van der Waals surface area contributed by atoms with Crippen LogP contribution in [0.4, 0.5) is 5.69 Å². The Bertz CT molecular complexity index is 762. The van der Waals surface area contributed by atoms with Crippen molar-refractivity contribution in [1.29, 1.82) is 0 Å². The zero-order valence-corrected chi connectivity index (χ0v) is 15.2. The van der Waals surface area contributed by atoms with Crippen molar-refractivity contribution in [3.8, 4) is 0 Å². The second-order valence-corrected chi connectivity index (χ2v) is 7.62. The lowest BCUT2D eigenvalue weighted by Crippen LogP contribution is -2.29. The molecule has 2 aliphatic rings. The Morgan fingerprint density at radius 2 is 2.12 bits per heavy atom. The highest BCUT2D eigenvalue weighted by Gasteiger charge is 2.24. The Balaban J connectivity index is 0.00000208. The van der Waals surface area contributed by atoms with Crippen LogP contribution in [0.1, 0.15) is 18.9 Å². The minimum atomic E-state index is -3.53. The molecule has 0 unspecified atom stereocenters. The first-order chi connectivity index (χ1) is 11.0. The molecule has 8 heteroatoms. The third-order valence-electron chi connectivity index (χ3n) is 4.28. The van der Waals surface area contributed by atoms with Gasteiger partial charge in [0.15, 0.2) is 0 Å². The van der Waals surface area contributed by atoms with Gasteiger partial charge in [0, 0.05) is 32.2 Å². The molecular weight excluding hydrogens is 350 g/mol. The van der Waals surface area contributed by atoms with Crippen LogP contribution in [-0.2, 0) is 21.2 Å². The summed E-state index contributed by atoms with van der Waals surface area (Å²) in [5.41, 5.74) is 2.83. The number of hydrogen-bond donors (Lipinski definition) is 2. The number of nitrogens with one attached hydrogen (secondary N) is 2. The first-order valence-electron chi connectivity index (χ1n) is 7.77. The van der Waals surface area contributed by atoms with Crippen LogP contribution in [-0.4, -0.2) is 40.5 Å². The summed E-state index contributed by atoms with van der Waals surface area (Å²) in [7, 11) is -3.53. The molecule has 2 aliphatic heterocycles. The molecule has 0 saturated carbocycles. The number of fused-ring (bicyclic) bond motifs is 1. The zero-order chi connectivity index (χ0) is 16.4. The molecule has 0 radical (unpaired) electrons. The minimum absolute atomic E-state index is 0. The summed E-state index contributed by atoms with van der Waals surface area (Å²) >= 11 is 0. The molecular formula is C16H22ClN3O3S. The van der Waals surface area contributed by atoms with Crippen molar-refractivity contribution in [3.05, 3.63) is 35.4 Å². The highest BCUT2D eigenvalue weighted by atomic mass is 35.5. The summed E-state index contributed by atoms with van der Waals surface area (Å²) in [6, 6.07) is 4.97. The molecule has 2 heterocycles. The predicted octanol–water partition coefficient (Wildman–Crippen LogP) is 1.22. The summed E-state index contributed by atoms with van der Waals surface area (Å²) < 4.78 is 27.6. The number of carbonyl (C=O) groups is 1. The van der Waals surface area contributed by atoms with Crippen molar-refractivity contribution in [2.45, 2.75) is 24.7 Å². The fourth-order valence-corrected chi connectivity index (χ4v) is 4.06. The number of hydrogen-bond acceptors (Lipinski definition) is 4. The molecule has 1 amide bonds. The van der Waals surface area contributed by atoms with Gasteiger partial charge in [0.05, 0.1) is 4.90 Å². The topological polar surface area (TPSA) is 78.5 Å². The fraction of sp³-hybridized carbons (Fsp3) is 0.438. The summed E-state index contributed by atoms with van der Waals surface area (Å²) in [6.07, 6.45) is 3.58. The number of sulfonamides is 1. The van der Waals surface area contributed by atoms with E-state index in [9.17, 15) is 13.2 Å². The fourth-order valence-electron chi connectivity index (χ4n) is 2.97. The molecule has 3 rings (SSSR count).